The van der Waals surface area contributed by atoms with E-state index < -0.39 is 0 Å². The molecule has 98 valence electrons. The molecular weight excluding hydrogens is 244 g/mol. The molecule has 1 N–H and O–H groups in total. The maximum absolute atomic E-state index is 12.2. The molecule has 0 atom stereocenters. The van der Waals surface area contributed by atoms with Crippen molar-refractivity contribution in [1.29, 1.82) is 0 Å². The van der Waals surface area contributed by atoms with Gasteiger partial charge in [0.2, 0.25) is 5.91 Å². The second kappa shape index (κ2) is 4.67. The van der Waals surface area contributed by atoms with Gasteiger partial charge in [0.1, 0.15) is 0 Å². The topological polar surface area (TPSA) is 32.3 Å². The minimum Gasteiger partial charge on any atom is -0.337 e. The molecule has 3 nitrogen and oxygen atoms in total. The highest BCUT2D eigenvalue weighted by Gasteiger charge is 2.32. The molecule has 1 amide bonds. The summed E-state index contributed by atoms with van der Waals surface area (Å²) in [7, 11) is 0. The standard InChI is InChI=1S/C14H20N2OS/c1-14(5-2-6-14)15-9-13(17)16-7-3-12-11(10-16)4-8-18-12/h4,8,15H,2-3,5-7,9-10H2,1H3. The molecule has 0 radical (unpaired) electrons. The summed E-state index contributed by atoms with van der Waals surface area (Å²) in [6.45, 7) is 4.40. The van der Waals surface area contributed by atoms with E-state index in [1.807, 2.05) is 16.2 Å². The van der Waals surface area contributed by atoms with Gasteiger partial charge in [0.15, 0.2) is 0 Å². The summed E-state index contributed by atoms with van der Waals surface area (Å²) in [4.78, 5) is 15.6. The Labute approximate surface area is 112 Å². The second-order valence-electron chi connectivity index (χ2n) is 5.70. The minimum absolute atomic E-state index is 0.221. The van der Waals surface area contributed by atoms with Crippen LogP contribution in [0, 0.1) is 0 Å². The molecule has 1 aromatic rings. The van der Waals surface area contributed by atoms with Gasteiger partial charge in [0, 0.05) is 23.5 Å². The Bertz CT molecular complexity index is 450. The van der Waals surface area contributed by atoms with Gasteiger partial charge < -0.3 is 10.2 Å². The fourth-order valence-corrected chi connectivity index (χ4v) is 3.64. The lowest BCUT2D eigenvalue weighted by Gasteiger charge is -2.40. The molecule has 0 spiro atoms. The molecule has 0 aromatic carbocycles. The summed E-state index contributed by atoms with van der Waals surface area (Å²) in [6, 6.07) is 2.15. The van der Waals surface area contributed by atoms with Gasteiger partial charge in [-0.1, -0.05) is 0 Å². The van der Waals surface area contributed by atoms with Crippen LogP contribution in [-0.2, 0) is 17.8 Å². The third-order valence-corrected chi connectivity index (χ3v) is 5.31. The van der Waals surface area contributed by atoms with E-state index in [2.05, 4.69) is 23.7 Å². The van der Waals surface area contributed by atoms with Gasteiger partial charge in [-0.15, -0.1) is 11.3 Å². The van der Waals surface area contributed by atoms with Gasteiger partial charge in [-0.05, 0) is 49.6 Å². The number of carbonyl (C=O) groups is 1. The smallest absolute Gasteiger partial charge is 0.236 e. The number of hydrogen-bond donors (Lipinski definition) is 1. The number of carbonyl (C=O) groups excluding carboxylic acids is 1. The van der Waals surface area contributed by atoms with Crippen LogP contribution in [-0.4, -0.2) is 29.4 Å². The third kappa shape index (κ3) is 2.31. The SMILES string of the molecule is CC1(NCC(=O)N2CCc3sccc3C2)CCC1. The van der Waals surface area contributed by atoms with E-state index in [4.69, 9.17) is 0 Å². The lowest BCUT2D eigenvalue weighted by Crippen LogP contribution is -2.52. The lowest BCUT2D eigenvalue weighted by atomic mass is 9.78. The monoisotopic (exact) mass is 264 g/mol. The van der Waals surface area contributed by atoms with Crippen LogP contribution in [0.3, 0.4) is 0 Å². The van der Waals surface area contributed by atoms with Crippen LogP contribution < -0.4 is 5.32 Å². The zero-order valence-electron chi connectivity index (χ0n) is 10.9. The van der Waals surface area contributed by atoms with E-state index in [1.165, 1.54) is 29.7 Å². The van der Waals surface area contributed by atoms with Gasteiger partial charge in [-0.3, -0.25) is 4.79 Å². The number of rotatable bonds is 3. The molecular formula is C14H20N2OS. The molecule has 1 fully saturated rings. The van der Waals surface area contributed by atoms with E-state index in [0.717, 1.165) is 19.5 Å². The number of thiophene rings is 1. The van der Waals surface area contributed by atoms with Crippen molar-refractivity contribution in [3.8, 4) is 0 Å². The number of nitrogens with one attached hydrogen (secondary N) is 1. The molecule has 0 bridgehead atoms. The van der Waals surface area contributed by atoms with E-state index in [0.29, 0.717) is 6.54 Å². The van der Waals surface area contributed by atoms with Crippen LogP contribution in [0.25, 0.3) is 0 Å². The van der Waals surface area contributed by atoms with E-state index in [1.54, 1.807) is 0 Å². The maximum atomic E-state index is 12.2. The third-order valence-electron chi connectivity index (χ3n) is 4.28. The van der Waals surface area contributed by atoms with Crippen molar-refractivity contribution >= 4 is 17.2 Å². The summed E-state index contributed by atoms with van der Waals surface area (Å²) in [6.07, 6.45) is 4.72. The van der Waals surface area contributed by atoms with E-state index in [9.17, 15) is 4.79 Å². The summed E-state index contributed by atoms with van der Waals surface area (Å²) >= 11 is 1.82. The maximum Gasteiger partial charge on any atom is 0.236 e. The van der Waals surface area contributed by atoms with Crippen molar-refractivity contribution < 1.29 is 4.79 Å². The van der Waals surface area contributed by atoms with Gasteiger partial charge in [-0.2, -0.15) is 0 Å². The summed E-state index contributed by atoms with van der Waals surface area (Å²) in [5, 5.41) is 5.55. The van der Waals surface area contributed by atoms with Gasteiger partial charge in [0.05, 0.1) is 6.54 Å². The first kappa shape index (κ1) is 12.2. The summed E-state index contributed by atoms with van der Waals surface area (Å²) in [5.74, 6) is 0.250. The molecule has 3 rings (SSSR count). The molecule has 18 heavy (non-hydrogen) atoms. The highest BCUT2D eigenvalue weighted by atomic mass is 32.1. The van der Waals surface area contributed by atoms with Gasteiger partial charge in [-0.25, -0.2) is 0 Å². The minimum atomic E-state index is 0.221. The molecule has 4 heteroatoms. The second-order valence-corrected chi connectivity index (χ2v) is 6.70. The zero-order valence-corrected chi connectivity index (χ0v) is 11.7. The number of hydrogen-bond acceptors (Lipinski definition) is 3. The largest absolute Gasteiger partial charge is 0.337 e. The van der Waals surface area contributed by atoms with Crippen LogP contribution in [0.2, 0.25) is 0 Å². The summed E-state index contributed by atoms with van der Waals surface area (Å²) < 4.78 is 0. The highest BCUT2D eigenvalue weighted by Crippen LogP contribution is 2.30. The first-order chi connectivity index (χ1) is 8.66. The number of amides is 1. The predicted octanol–water partition coefficient (Wildman–Crippen LogP) is 2.17. The van der Waals surface area contributed by atoms with Crippen molar-refractivity contribution in [1.82, 2.24) is 10.2 Å². The molecule has 2 aliphatic rings. The highest BCUT2D eigenvalue weighted by molar-refractivity contribution is 7.10. The Hall–Kier alpha value is -0.870. The van der Waals surface area contributed by atoms with Crippen LogP contribution >= 0.6 is 11.3 Å². The fourth-order valence-electron chi connectivity index (χ4n) is 2.75. The lowest BCUT2D eigenvalue weighted by molar-refractivity contribution is -0.131. The molecule has 1 aliphatic heterocycles. The van der Waals surface area contributed by atoms with Gasteiger partial charge in [0.25, 0.3) is 0 Å². The average molecular weight is 264 g/mol. The van der Waals surface area contributed by atoms with Crippen molar-refractivity contribution in [2.75, 3.05) is 13.1 Å². The fraction of sp³-hybridized carbons (Fsp3) is 0.643. The molecule has 1 saturated carbocycles. The average Bonchev–Trinajstić information content (AvgIpc) is 2.80. The Morgan fingerprint density at radius 3 is 3.11 bits per heavy atom. The van der Waals surface area contributed by atoms with Crippen molar-refractivity contribution in [3.63, 3.8) is 0 Å². The quantitative estimate of drug-likeness (QED) is 0.907. The normalized spacial score (nSPS) is 21.3. The Balaban J connectivity index is 1.54. The van der Waals surface area contributed by atoms with Crippen molar-refractivity contribution in [2.24, 2.45) is 0 Å². The number of fused-ring (bicyclic) bond motifs is 1. The Morgan fingerprint density at radius 1 is 1.56 bits per heavy atom. The van der Waals surface area contributed by atoms with Crippen LogP contribution in [0.15, 0.2) is 11.4 Å². The zero-order chi connectivity index (χ0) is 12.6. The van der Waals surface area contributed by atoms with E-state index in [-0.39, 0.29) is 11.4 Å². The predicted molar refractivity (Wildman–Crippen MR) is 73.7 cm³/mol. The summed E-state index contributed by atoms with van der Waals surface area (Å²) in [5.41, 5.74) is 1.56. The van der Waals surface area contributed by atoms with E-state index >= 15 is 0 Å². The first-order valence-electron chi connectivity index (χ1n) is 6.74. The van der Waals surface area contributed by atoms with Crippen LogP contribution in [0.5, 0.6) is 0 Å². The first-order valence-corrected chi connectivity index (χ1v) is 7.62. The molecule has 0 unspecified atom stereocenters. The van der Waals surface area contributed by atoms with Crippen molar-refractivity contribution in [2.45, 2.75) is 44.7 Å². The molecule has 2 heterocycles. The Morgan fingerprint density at radius 2 is 2.39 bits per heavy atom. The van der Waals surface area contributed by atoms with Crippen molar-refractivity contribution in [3.05, 3.63) is 21.9 Å². The van der Waals surface area contributed by atoms with Gasteiger partial charge >= 0.3 is 0 Å². The molecule has 0 saturated heterocycles. The number of nitrogens with zero attached hydrogens (tertiary/aromatic N) is 1. The van der Waals surface area contributed by atoms with Crippen LogP contribution in [0.1, 0.15) is 36.6 Å². The molecule has 1 aromatic heterocycles. The molecule has 1 aliphatic carbocycles. The van der Waals surface area contributed by atoms with Crippen LogP contribution in [0.4, 0.5) is 0 Å². The Kier molecular flexibility index (Phi) is 3.16.